The summed E-state index contributed by atoms with van der Waals surface area (Å²) in [4.78, 5) is 0. The predicted octanol–water partition coefficient (Wildman–Crippen LogP) is 3.22. The van der Waals surface area contributed by atoms with Gasteiger partial charge in [-0.15, -0.1) is 0 Å². The molecule has 1 saturated carbocycles. The molecule has 1 fully saturated rings. The van der Waals surface area contributed by atoms with Gasteiger partial charge < -0.3 is 5.73 Å². The second kappa shape index (κ2) is 5.01. The van der Waals surface area contributed by atoms with Crippen molar-refractivity contribution >= 4 is 0 Å². The molecule has 1 atom stereocenters. The highest BCUT2D eigenvalue weighted by Crippen LogP contribution is 2.40. The Morgan fingerprint density at radius 3 is 2.62 bits per heavy atom. The van der Waals surface area contributed by atoms with Crippen LogP contribution >= 0.6 is 0 Å². The first kappa shape index (κ1) is 11.7. The zero-order valence-corrected chi connectivity index (χ0v) is 10.5. The van der Waals surface area contributed by atoms with Gasteiger partial charge in [-0.25, -0.2) is 0 Å². The van der Waals surface area contributed by atoms with Crippen LogP contribution < -0.4 is 5.73 Å². The van der Waals surface area contributed by atoms with Crippen LogP contribution in [0.2, 0.25) is 0 Å². The highest BCUT2D eigenvalue weighted by atomic mass is 14.5. The van der Waals surface area contributed by atoms with Crippen molar-refractivity contribution in [3.05, 3.63) is 34.9 Å². The van der Waals surface area contributed by atoms with Crippen molar-refractivity contribution in [3.8, 4) is 0 Å². The summed E-state index contributed by atoms with van der Waals surface area (Å²) in [5.74, 6) is 1.79. The molecule has 0 aromatic heterocycles. The van der Waals surface area contributed by atoms with E-state index >= 15 is 0 Å². The number of rotatable bonds is 5. The Kier molecular flexibility index (Phi) is 3.65. The van der Waals surface area contributed by atoms with Crippen molar-refractivity contribution in [2.75, 3.05) is 6.54 Å². The van der Waals surface area contributed by atoms with E-state index in [9.17, 15) is 0 Å². The molecule has 1 aromatic carbocycles. The topological polar surface area (TPSA) is 26.0 Å². The standard InChI is InChI=1S/C15H23N/c1-11-3-4-14(12(2)9-11)10-15(7-8-16)13-5-6-13/h3-4,9,13,15H,5-8,10,16H2,1-2H3. The van der Waals surface area contributed by atoms with E-state index in [1.807, 2.05) is 0 Å². The van der Waals surface area contributed by atoms with Crippen LogP contribution in [0.15, 0.2) is 18.2 Å². The van der Waals surface area contributed by atoms with Gasteiger partial charge in [-0.1, -0.05) is 23.8 Å². The second-order valence-electron chi connectivity index (χ2n) is 5.31. The van der Waals surface area contributed by atoms with Crippen LogP contribution in [0, 0.1) is 25.7 Å². The van der Waals surface area contributed by atoms with E-state index in [0.717, 1.165) is 18.4 Å². The van der Waals surface area contributed by atoms with Crippen molar-refractivity contribution in [1.29, 1.82) is 0 Å². The Hall–Kier alpha value is -0.820. The summed E-state index contributed by atoms with van der Waals surface area (Å²) in [6.07, 6.45) is 5.27. The van der Waals surface area contributed by atoms with Gasteiger partial charge in [-0.05, 0) is 69.0 Å². The fraction of sp³-hybridized carbons (Fsp3) is 0.600. The molecule has 1 aliphatic carbocycles. The van der Waals surface area contributed by atoms with Crippen LogP contribution in [-0.2, 0) is 6.42 Å². The van der Waals surface area contributed by atoms with E-state index in [0.29, 0.717) is 0 Å². The molecule has 0 bridgehead atoms. The van der Waals surface area contributed by atoms with Crippen LogP contribution in [0.3, 0.4) is 0 Å². The van der Waals surface area contributed by atoms with E-state index in [4.69, 9.17) is 5.73 Å². The molecular weight excluding hydrogens is 194 g/mol. The van der Waals surface area contributed by atoms with Gasteiger partial charge in [-0.3, -0.25) is 0 Å². The van der Waals surface area contributed by atoms with Crippen molar-refractivity contribution in [1.82, 2.24) is 0 Å². The first-order valence-corrected chi connectivity index (χ1v) is 6.47. The van der Waals surface area contributed by atoms with Crippen LogP contribution in [0.1, 0.15) is 36.0 Å². The molecule has 0 spiro atoms. The minimum absolute atomic E-state index is 0.825. The van der Waals surface area contributed by atoms with E-state index in [-0.39, 0.29) is 0 Å². The van der Waals surface area contributed by atoms with E-state index < -0.39 is 0 Å². The van der Waals surface area contributed by atoms with Gasteiger partial charge in [0.15, 0.2) is 0 Å². The molecule has 1 aromatic rings. The maximum absolute atomic E-state index is 5.71. The predicted molar refractivity (Wildman–Crippen MR) is 69.5 cm³/mol. The lowest BCUT2D eigenvalue weighted by molar-refractivity contribution is 0.431. The number of hydrogen-bond donors (Lipinski definition) is 1. The fourth-order valence-electron chi connectivity index (χ4n) is 2.64. The molecule has 1 heteroatoms. The Morgan fingerprint density at radius 1 is 1.31 bits per heavy atom. The Labute approximate surface area is 99.0 Å². The van der Waals surface area contributed by atoms with Gasteiger partial charge in [0.1, 0.15) is 0 Å². The third-order valence-electron chi connectivity index (χ3n) is 3.81. The van der Waals surface area contributed by atoms with E-state index in [1.165, 1.54) is 42.4 Å². The molecule has 2 rings (SSSR count). The van der Waals surface area contributed by atoms with Crippen molar-refractivity contribution in [2.24, 2.45) is 17.6 Å². The average Bonchev–Trinajstić information content (AvgIpc) is 3.04. The molecule has 0 amide bonds. The summed E-state index contributed by atoms with van der Waals surface area (Å²) in [6.45, 7) is 5.23. The summed E-state index contributed by atoms with van der Waals surface area (Å²) in [6, 6.07) is 6.83. The van der Waals surface area contributed by atoms with Crippen LogP contribution in [0.25, 0.3) is 0 Å². The molecule has 16 heavy (non-hydrogen) atoms. The molecule has 1 unspecified atom stereocenters. The van der Waals surface area contributed by atoms with Crippen molar-refractivity contribution < 1.29 is 0 Å². The summed E-state index contributed by atoms with van der Waals surface area (Å²) in [5, 5.41) is 0. The molecule has 0 aliphatic heterocycles. The van der Waals surface area contributed by atoms with Gasteiger partial charge in [0.05, 0.1) is 0 Å². The molecular formula is C15H23N. The monoisotopic (exact) mass is 217 g/mol. The highest BCUT2D eigenvalue weighted by molar-refractivity contribution is 5.30. The second-order valence-corrected chi connectivity index (χ2v) is 5.31. The number of hydrogen-bond acceptors (Lipinski definition) is 1. The van der Waals surface area contributed by atoms with Gasteiger partial charge in [0.25, 0.3) is 0 Å². The number of nitrogens with two attached hydrogens (primary N) is 1. The first-order valence-electron chi connectivity index (χ1n) is 6.47. The quantitative estimate of drug-likeness (QED) is 0.805. The third kappa shape index (κ3) is 2.85. The number of aryl methyl sites for hydroxylation is 2. The maximum Gasteiger partial charge on any atom is -0.00744 e. The Balaban J connectivity index is 2.05. The molecule has 0 saturated heterocycles. The van der Waals surface area contributed by atoms with E-state index in [1.54, 1.807) is 0 Å². The lowest BCUT2D eigenvalue weighted by Crippen LogP contribution is -2.13. The lowest BCUT2D eigenvalue weighted by atomic mass is 9.89. The molecule has 2 N–H and O–H groups in total. The number of benzene rings is 1. The molecule has 0 heterocycles. The minimum atomic E-state index is 0.825. The van der Waals surface area contributed by atoms with E-state index in [2.05, 4.69) is 32.0 Å². The summed E-state index contributed by atoms with van der Waals surface area (Å²) >= 11 is 0. The first-order chi connectivity index (χ1) is 7.70. The Morgan fingerprint density at radius 2 is 2.06 bits per heavy atom. The van der Waals surface area contributed by atoms with Crippen LogP contribution in [-0.4, -0.2) is 6.54 Å². The van der Waals surface area contributed by atoms with Crippen LogP contribution in [0.4, 0.5) is 0 Å². The average molecular weight is 217 g/mol. The lowest BCUT2D eigenvalue weighted by Gasteiger charge is -2.17. The largest absolute Gasteiger partial charge is 0.330 e. The van der Waals surface area contributed by atoms with Crippen molar-refractivity contribution in [2.45, 2.75) is 39.5 Å². The van der Waals surface area contributed by atoms with Gasteiger partial charge in [0, 0.05) is 0 Å². The molecule has 1 nitrogen and oxygen atoms in total. The minimum Gasteiger partial charge on any atom is -0.330 e. The normalized spacial score (nSPS) is 17.4. The smallest absolute Gasteiger partial charge is 0.00744 e. The molecule has 88 valence electrons. The Bertz CT molecular complexity index is 352. The summed E-state index contributed by atoms with van der Waals surface area (Å²) in [7, 11) is 0. The van der Waals surface area contributed by atoms with Gasteiger partial charge in [0.2, 0.25) is 0 Å². The summed E-state index contributed by atoms with van der Waals surface area (Å²) < 4.78 is 0. The zero-order chi connectivity index (χ0) is 11.5. The highest BCUT2D eigenvalue weighted by Gasteiger charge is 2.30. The van der Waals surface area contributed by atoms with Crippen molar-refractivity contribution in [3.63, 3.8) is 0 Å². The van der Waals surface area contributed by atoms with Gasteiger partial charge in [-0.2, -0.15) is 0 Å². The SMILES string of the molecule is Cc1ccc(CC(CCN)C2CC2)c(C)c1. The maximum atomic E-state index is 5.71. The molecule has 0 radical (unpaired) electrons. The third-order valence-corrected chi connectivity index (χ3v) is 3.81. The summed E-state index contributed by atoms with van der Waals surface area (Å²) in [5.41, 5.74) is 10.0. The molecule has 1 aliphatic rings. The zero-order valence-electron chi connectivity index (χ0n) is 10.5. The van der Waals surface area contributed by atoms with Gasteiger partial charge >= 0.3 is 0 Å². The van der Waals surface area contributed by atoms with Crippen LogP contribution in [0.5, 0.6) is 0 Å². The fourth-order valence-corrected chi connectivity index (χ4v) is 2.64.